The van der Waals surface area contributed by atoms with Crippen LogP contribution in [-0.2, 0) is 22.9 Å². The minimum atomic E-state index is -3.33. The fourth-order valence-electron chi connectivity index (χ4n) is 3.69. The molecule has 0 saturated heterocycles. The van der Waals surface area contributed by atoms with Gasteiger partial charge >= 0.3 is 0 Å². The Balaban J connectivity index is 1.70. The Morgan fingerprint density at radius 2 is 1.90 bits per heavy atom. The fourth-order valence-corrected chi connectivity index (χ4v) is 4.92. The van der Waals surface area contributed by atoms with Crippen LogP contribution in [0.5, 0.6) is 0 Å². The summed E-state index contributed by atoms with van der Waals surface area (Å²) in [6.07, 6.45) is 4.75. The summed E-state index contributed by atoms with van der Waals surface area (Å²) in [5, 5.41) is 6.74. The van der Waals surface area contributed by atoms with Crippen molar-refractivity contribution in [1.82, 2.24) is 19.6 Å². The molecule has 0 fully saturated rings. The Hall–Kier alpha value is -1.94. The van der Waals surface area contributed by atoms with Gasteiger partial charge in [0.15, 0.2) is 5.82 Å². The Bertz CT molecular complexity index is 1030. The molecule has 1 aliphatic heterocycles. The standard InChI is InChI=1S/C21H31ClN6O2S/c1-5-28-10-8-15-6-7-17(12-16(15)9-11-28)25-20-23-13-18(22)19(26-20)24-14-21(2,3)27-31(4,29)30/h6-7,12-13,27H,5,8-11,14H2,1-4H3,(H2,23,24,25,26). The van der Waals surface area contributed by atoms with Crippen LogP contribution in [-0.4, -0.2) is 61.3 Å². The average molecular weight is 467 g/mol. The maximum atomic E-state index is 11.5. The third kappa shape index (κ3) is 7.03. The lowest BCUT2D eigenvalue weighted by molar-refractivity contribution is 0.303. The molecule has 1 aromatic heterocycles. The average Bonchev–Trinajstić information content (AvgIpc) is 2.88. The highest BCUT2D eigenvalue weighted by atomic mass is 35.5. The van der Waals surface area contributed by atoms with E-state index in [-0.39, 0.29) is 0 Å². The predicted molar refractivity (Wildman–Crippen MR) is 127 cm³/mol. The first-order valence-electron chi connectivity index (χ1n) is 10.4. The molecule has 0 unspecified atom stereocenters. The molecule has 3 N–H and O–H groups in total. The molecule has 0 bridgehead atoms. The van der Waals surface area contributed by atoms with Crippen molar-refractivity contribution in [2.45, 2.75) is 39.2 Å². The summed E-state index contributed by atoms with van der Waals surface area (Å²) in [6, 6.07) is 6.38. The monoisotopic (exact) mass is 466 g/mol. The van der Waals surface area contributed by atoms with Gasteiger partial charge in [-0.15, -0.1) is 0 Å². The number of nitrogens with one attached hydrogen (secondary N) is 3. The molecular formula is C21H31ClN6O2S. The number of likely N-dealkylation sites (N-methyl/N-ethyl adjacent to an activating group) is 1. The van der Waals surface area contributed by atoms with Crippen LogP contribution in [0.1, 0.15) is 31.9 Å². The van der Waals surface area contributed by atoms with Crippen molar-refractivity contribution in [3.05, 3.63) is 40.5 Å². The van der Waals surface area contributed by atoms with E-state index in [0.717, 1.165) is 44.4 Å². The molecule has 8 nitrogen and oxygen atoms in total. The quantitative estimate of drug-likeness (QED) is 0.549. The lowest BCUT2D eigenvalue weighted by atomic mass is 10.0. The van der Waals surface area contributed by atoms with Crippen LogP contribution in [0.2, 0.25) is 5.02 Å². The summed E-state index contributed by atoms with van der Waals surface area (Å²) in [6.45, 7) is 9.30. The Morgan fingerprint density at radius 3 is 2.58 bits per heavy atom. The zero-order chi connectivity index (χ0) is 22.6. The van der Waals surface area contributed by atoms with Gasteiger partial charge < -0.3 is 15.5 Å². The number of hydrogen-bond acceptors (Lipinski definition) is 7. The van der Waals surface area contributed by atoms with Crippen molar-refractivity contribution in [3.8, 4) is 0 Å². The molecule has 31 heavy (non-hydrogen) atoms. The molecule has 0 atom stereocenters. The number of hydrogen-bond donors (Lipinski definition) is 3. The SMILES string of the molecule is CCN1CCc2ccc(Nc3ncc(Cl)c(NCC(C)(C)NS(C)(=O)=O)n3)cc2CC1. The number of aromatic nitrogens is 2. The Labute approximate surface area is 189 Å². The van der Waals surface area contributed by atoms with Crippen molar-refractivity contribution in [2.24, 2.45) is 0 Å². The predicted octanol–water partition coefficient (Wildman–Crippen LogP) is 3.03. The van der Waals surface area contributed by atoms with E-state index in [2.05, 4.69) is 49.3 Å². The number of sulfonamides is 1. The summed E-state index contributed by atoms with van der Waals surface area (Å²) in [7, 11) is -3.33. The van der Waals surface area contributed by atoms with Gasteiger partial charge in [0.05, 0.1) is 12.5 Å². The molecular weight excluding hydrogens is 436 g/mol. The van der Waals surface area contributed by atoms with Crippen LogP contribution >= 0.6 is 11.6 Å². The number of halogens is 1. The summed E-state index contributed by atoms with van der Waals surface area (Å²) >= 11 is 6.24. The third-order valence-corrected chi connectivity index (χ3v) is 6.41. The first-order valence-corrected chi connectivity index (χ1v) is 12.7. The van der Waals surface area contributed by atoms with Gasteiger partial charge in [-0.25, -0.2) is 18.1 Å². The zero-order valence-electron chi connectivity index (χ0n) is 18.5. The largest absolute Gasteiger partial charge is 0.367 e. The van der Waals surface area contributed by atoms with Crippen molar-refractivity contribution in [3.63, 3.8) is 0 Å². The summed E-state index contributed by atoms with van der Waals surface area (Å²) in [4.78, 5) is 11.2. The Kier molecular flexibility index (Phi) is 7.41. The van der Waals surface area contributed by atoms with E-state index in [0.29, 0.717) is 23.3 Å². The molecule has 0 radical (unpaired) electrons. The maximum Gasteiger partial charge on any atom is 0.229 e. The number of benzene rings is 1. The minimum absolute atomic E-state index is 0.309. The molecule has 0 amide bonds. The Morgan fingerprint density at radius 1 is 1.19 bits per heavy atom. The van der Waals surface area contributed by atoms with Gasteiger partial charge in [0.25, 0.3) is 0 Å². The van der Waals surface area contributed by atoms with Crippen LogP contribution < -0.4 is 15.4 Å². The third-order valence-electron chi connectivity index (χ3n) is 5.21. The van der Waals surface area contributed by atoms with E-state index < -0.39 is 15.6 Å². The molecule has 0 saturated carbocycles. The zero-order valence-corrected chi connectivity index (χ0v) is 20.1. The molecule has 0 aliphatic carbocycles. The number of rotatable bonds is 8. The molecule has 1 aliphatic rings. The van der Waals surface area contributed by atoms with Gasteiger partial charge in [0.1, 0.15) is 5.02 Å². The van der Waals surface area contributed by atoms with Gasteiger partial charge in [-0.05, 0) is 56.5 Å². The van der Waals surface area contributed by atoms with Crippen molar-refractivity contribution in [1.29, 1.82) is 0 Å². The normalized spacial score (nSPS) is 15.3. The van der Waals surface area contributed by atoms with Crippen LogP contribution in [0.4, 0.5) is 17.5 Å². The molecule has 0 spiro atoms. The van der Waals surface area contributed by atoms with Gasteiger partial charge in [-0.3, -0.25) is 0 Å². The topological polar surface area (TPSA) is 99.2 Å². The van der Waals surface area contributed by atoms with Crippen molar-refractivity contribution < 1.29 is 8.42 Å². The number of nitrogens with zero attached hydrogens (tertiary/aromatic N) is 3. The van der Waals surface area contributed by atoms with Gasteiger partial charge in [0.2, 0.25) is 16.0 Å². The minimum Gasteiger partial charge on any atom is -0.367 e. The first-order chi connectivity index (χ1) is 14.5. The van der Waals surface area contributed by atoms with Crippen molar-refractivity contribution in [2.75, 3.05) is 43.1 Å². The smallest absolute Gasteiger partial charge is 0.229 e. The van der Waals surface area contributed by atoms with E-state index in [4.69, 9.17) is 11.6 Å². The van der Waals surface area contributed by atoms with E-state index >= 15 is 0 Å². The van der Waals surface area contributed by atoms with Gasteiger partial charge in [-0.1, -0.05) is 24.6 Å². The second kappa shape index (κ2) is 9.68. The summed E-state index contributed by atoms with van der Waals surface area (Å²) in [5.41, 5.74) is 2.96. The van der Waals surface area contributed by atoms with Crippen LogP contribution in [0.15, 0.2) is 24.4 Å². The second-order valence-electron chi connectivity index (χ2n) is 8.54. The van der Waals surface area contributed by atoms with Crippen molar-refractivity contribution >= 4 is 39.1 Å². The van der Waals surface area contributed by atoms with E-state index in [1.165, 1.54) is 17.3 Å². The highest BCUT2D eigenvalue weighted by molar-refractivity contribution is 7.88. The molecule has 2 heterocycles. The molecule has 170 valence electrons. The molecule has 1 aromatic carbocycles. The molecule has 2 aromatic rings. The lowest BCUT2D eigenvalue weighted by Crippen LogP contribution is -2.47. The lowest BCUT2D eigenvalue weighted by Gasteiger charge is -2.25. The summed E-state index contributed by atoms with van der Waals surface area (Å²) < 4.78 is 25.7. The molecule has 10 heteroatoms. The van der Waals surface area contributed by atoms with Crippen LogP contribution in [0.3, 0.4) is 0 Å². The van der Waals surface area contributed by atoms with Gasteiger partial charge in [-0.2, -0.15) is 4.98 Å². The number of anilines is 3. The molecule has 3 rings (SSSR count). The number of fused-ring (bicyclic) bond motifs is 1. The van der Waals surface area contributed by atoms with Crippen LogP contribution in [0.25, 0.3) is 0 Å². The maximum absolute atomic E-state index is 11.5. The van der Waals surface area contributed by atoms with Gasteiger partial charge in [0, 0.05) is 30.9 Å². The first kappa shape index (κ1) is 23.7. The highest BCUT2D eigenvalue weighted by Gasteiger charge is 2.22. The van der Waals surface area contributed by atoms with E-state index in [1.54, 1.807) is 13.8 Å². The summed E-state index contributed by atoms with van der Waals surface area (Å²) in [5.74, 6) is 0.862. The van der Waals surface area contributed by atoms with E-state index in [1.807, 2.05) is 6.07 Å². The van der Waals surface area contributed by atoms with E-state index in [9.17, 15) is 8.42 Å². The highest BCUT2D eigenvalue weighted by Crippen LogP contribution is 2.25. The van der Waals surface area contributed by atoms with Crippen LogP contribution in [0, 0.1) is 0 Å². The fraction of sp³-hybridized carbons (Fsp3) is 0.524. The second-order valence-corrected chi connectivity index (χ2v) is 10.7.